The fraction of sp³-hybridized carbons (Fsp3) is 0.562. The average molecular weight is 375 g/mol. The number of amides is 1. The number of rotatable bonds is 2. The highest BCUT2D eigenvalue weighted by Crippen LogP contribution is 2.37. The fourth-order valence-electron chi connectivity index (χ4n) is 2.56. The van der Waals surface area contributed by atoms with Crippen molar-refractivity contribution in [1.82, 2.24) is 4.90 Å². The van der Waals surface area contributed by atoms with E-state index in [4.69, 9.17) is 4.74 Å². The van der Waals surface area contributed by atoms with Gasteiger partial charge in [-0.05, 0) is 32.9 Å². The predicted octanol–water partition coefficient (Wildman–Crippen LogP) is 3.67. The molecule has 1 amide bonds. The first-order chi connectivity index (χ1) is 11.9. The van der Waals surface area contributed by atoms with Crippen molar-refractivity contribution >= 4 is 17.5 Å². The van der Waals surface area contributed by atoms with Crippen molar-refractivity contribution < 1.29 is 27.6 Å². The summed E-state index contributed by atoms with van der Waals surface area (Å²) in [6.07, 6.45) is -5.11. The number of alkyl halides is 3. The van der Waals surface area contributed by atoms with Gasteiger partial charge in [-0.2, -0.15) is 13.2 Å². The summed E-state index contributed by atoms with van der Waals surface area (Å²) in [6.45, 7) is 5.92. The summed E-state index contributed by atoms with van der Waals surface area (Å²) in [5.41, 5.74) is -2.11. The maximum atomic E-state index is 12.9. The van der Waals surface area contributed by atoms with Gasteiger partial charge in [0.25, 0.3) is 5.69 Å². The normalized spacial score (nSPS) is 15.8. The Morgan fingerprint density at radius 3 is 2.19 bits per heavy atom. The summed E-state index contributed by atoms with van der Waals surface area (Å²) in [5, 5.41) is 11.2. The van der Waals surface area contributed by atoms with Crippen molar-refractivity contribution in [2.45, 2.75) is 32.5 Å². The Bertz CT molecular complexity index is 693. The van der Waals surface area contributed by atoms with E-state index in [9.17, 15) is 28.1 Å². The monoisotopic (exact) mass is 375 g/mol. The third-order valence-electron chi connectivity index (χ3n) is 3.77. The third-order valence-corrected chi connectivity index (χ3v) is 3.77. The van der Waals surface area contributed by atoms with Crippen molar-refractivity contribution in [3.63, 3.8) is 0 Å². The number of piperazine rings is 1. The first-order valence-corrected chi connectivity index (χ1v) is 7.97. The minimum atomic E-state index is -4.60. The quantitative estimate of drug-likeness (QED) is 0.582. The molecule has 1 aromatic rings. The van der Waals surface area contributed by atoms with Gasteiger partial charge < -0.3 is 14.5 Å². The number of carbonyl (C=O) groups is 1. The van der Waals surface area contributed by atoms with Gasteiger partial charge in [-0.1, -0.05) is 0 Å². The molecule has 26 heavy (non-hydrogen) atoms. The van der Waals surface area contributed by atoms with Crippen molar-refractivity contribution in [3.05, 3.63) is 33.9 Å². The van der Waals surface area contributed by atoms with E-state index in [0.717, 1.165) is 12.1 Å². The van der Waals surface area contributed by atoms with E-state index in [1.54, 1.807) is 20.8 Å². The van der Waals surface area contributed by atoms with Crippen LogP contribution in [0.5, 0.6) is 0 Å². The summed E-state index contributed by atoms with van der Waals surface area (Å²) >= 11 is 0. The summed E-state index contributed by atoms with van der Waals surface area (Å²) in [7, 11) is 0. The van der Waals surface area contributed by atoms with Crippen LogP contribution in [0.4, 0.5) is 29.3 Å². The van der Waals surface area contributed by atoms with Gasteiger partial charge >= 0.3 is 12.3 Å². The second kappa shape index (κ2) is 7.00. The molecule has 0 aliphatic carbocycles. The molecule has 7 nitrogen and oxygen atoms in total. The number of halogens is 3. The SMILES string of the molecule is CC(C)(C)OC(=O)N1CCN(c2cc(C(F)(F)F)ccc2[N+](=O)[O-])CC1. The van der Waals surface area contributed by atoms with Crippen LogP contribution < -0.4 is 4.90 Å². The number of carbonyl (C=O) groups excluding carboxylic acids is 1. The minimum Gasteiger partial charge on any atom is -0.444 e. The summed E-state index contributed by atoms with van der Waals surface area (Å²) in [4.78, 5) is 25.4. The lowest BCUT2D eigenvalue weighted by Gasteiger charge is -2.36. The van der Waals surface area contributed by atoms with Crippen LogP contribution in [0.3, 0.4) is 0 Å². The number of anilines is 1. The van der Waals surface area contributed by atoms with Crippen LogP contribution in [-0.4, -0.2) is 47.7 Å². The molecule has 144 valence electrons. The van der Waals surface area contributed by atoms with E-state index in [0.29, 0.717) is 6.07 Å². The Kier molecular flexibility index (Phi) is 5.33. The Morgan fingerprint density at radius 2 is 1.73 bits per heavy atom. The fourth-order valence-corrected chi connectivity index (χ4v) is 2.56. The zero-order valence-corrected chi connectivity index (χ0v) is 14.7. The second-order valence-corrected chi connectivity index (χ2v) is 6.91. The number of nitro benzene ring substituents is 1. The van der Waals surface area contributed by atoms with Crippen LogP contribution >= 0.6 is 0 Å². The smallest absolute Gasteiger partial charge is 0.416 e. The van der Waals surface area contributed by atoms with Gasteiger partial charge in [-0.3, -0.25) is 10.1 Å². The number of nitrogens with zero attached hydrogens (tertiary/aromatic N) is 3. The lowest BCUT2D eigenvalue weighted by molar-refractivity contribution is -0.384. The van der Waals surface area contributed by atoms with Crippen LogP contribution in [0.15, 0.2) is 18.2 Å². The molecule has 0 spiro atoms. The largest absolute Gasteiger partial charge is 0.444 e. The Morgan fingerprint density at radius 1 is 1.15 bits per heavy atom. The second-order valence-electron chi connectivity index (χ2n) is 6.91. The Hall–Kier alpha value is -2.52. The summed E-state index contributed by atoms with van der Waals surface area (Å²) < 4.78 is 44.1. The highest BCUT2D eigenvalue weighted by molar-refractivity contribution is 5.70. The predicted molar refractivity (Wildman–Crippen MR) is 88.1 cm³/mol. The van der Waals surface area contributed by atoms with Crippen LogP contribution in [0, 0.1) is 10.1 Å². The summed E-state index contributed by atoms with van der Waals surface area (Å²) in [6, 6.07) is 2.33. The number of hydrogen-bond donors (Lipinski definition) is 0. The van der Waals surface area contributed by atoms with Gasteiger partial charge in [-0.25, -0.2) is 4.79 Å². The molecule has 0 saturated carbocycles. The van der Waals surface area contributed by atoms with E-state index in [1.165, 1.54) is 9.80 Å². The highest BCUT2D eigenvalue weighted by Gasteiger charge is 2.34. The molecule has 1 aromatic carbocycles. The first-order valence-electron chi connectivity index (χ1n) is 7.97. The average Bonchev–Trinajstić information content (AvgIpc) is 2.52. The number of nitro groups is 1. The van der Waals surface area contributed by atoms with Gasteiger partial charge in [0, 0.05) is 32.2 Å². The van der Waals surface area contributed by atoms with Crippen LogP contribution in [0.2, 0.25) is 0 Å². The van der Waals surface area contributed by atoms with Crippen molar-refractivity contribution in [2.75, 3.05) is 31.1 Å². The van der Waals surface area contributed by atoms with Gasteiger partial charge in [0.05, 0.1) is 10.5 Å². The molecule has 1 heterocycles. The van der Waals surface area contributed by atoms with Gasteiger partial charge in [0.15, 0.2) is 0 Å². The zero-order chi connectivity index (χ0) is 19.7. The molecule has 1 fully saturated rings. The van der Waals surface area contributed by atoms with Crippen molar-refractivity contribution in [1.29, 1.82) is 0 Å². The molecule has 2 rings (SSSR count). The Balaban J connectivity index is 2.18. The maximum absolute atomic E-state index is 12.9. The van der Waals surface area contributed by atoms with Crippen LogP contribution in [-0.2, 0) is 10.9 Å². The van der Waals surface area contributed by atoms with Crippen LogP contribution in [0.1, 0.15) is 26.3 Å². The molecule has 0 radical (unpaired) electrons. The van der Waals surface area contributed by atoms with Crippen LogP contribution in [0.25, 0.3) is 0 Å². The molecule has 1 aliphatic rings. The number of ether oxygens (including phenoxy) is 1. The van der Waals surface area contributed by atoms with E-state index >= 15 is 0 Å². The van der Waals surface area contributed by atoms with Crippen molar-refractivity contribution in [3.8, 4) is 0 Å². The lowest BCUT2D eigenvalue weighted by atomic mass is 10.1. The van der Waals surface area contributed by atoms with Gasteiger partial charge in [-0.15, -0.1) is 0 Å². The highest BCUT2D eigenvalue weighted by atomic mass is 19.4. The van der Waals surface area contributed by atoms with E-state index in [-0.39, 0.29) is 31.9 Å². The molecular weight excluding hydrogens is 355 g/mol. The van der Waals surface area contributed by atoms with Gasteiger partial charge in [0.1, 0.15) is 11.3 Å². The molecule has 0 bridgehead atoms. The van der Waals surface area contributed by atoms with Gasteiger partial charge in [0.2, 0.25) is 0 Å². The standard InChI is InChI=1S/C16H20F3N3O4/c1-15(2,3)26-14(23)21-8-6-20(7-9-21)13-10-11(16(17,18)19)4-5-12(13)22(24)25/h4-5,10H,6-9H2,1-3H3. The van der Waals surface area contributed by atoms with E-state index in [1.807, 2.05) is 0 Å². The molecule has 0 atom stereocenters. The molecule has 0 aromatic heterocycles. The van der Waals surface area contributed by atoms with Crippen molar-refractivity contribution in [2.24, 2.45) is 0 Å². The molecule has 1 aliphatic heterocycles. The molecule has 0 unspecified atom stereocenters. The zero-order valence-electron chi connectivity index (χ0n) is 14.7. The molecule has 0 N–H and O–H groups in total. The topological polar surface area (TPSA) is 75.9 Å². The summed E-state index contributed by atoms with van der Waals surface area (Å²) in [5.74, 6) is 0. The maximum Gasteiger partial charge on any atom is 0.416 e. The number of hydrogen-bond acceptors (Lipinski definition) is 5. The minimum absolute atomic E-state index is 0.103. The molecule has 1 saturated heterocycles. The Labute approximate surface area is 148 Å². The van der Waals surface area contributed by atoms with E-state index < -0.39 is 34.0 Å². The number of benzene rings is 1. The lowest BCUT2D eigenvalue weighted by Crippen LogP contribution is -2.50. The molecular formula is C16H20F3N3O4. The third kappa shape index (κ3) is 4.77. The van der Waals surface area contributed by atoms with E-state index in [2.05, 4.69) is 0 Å². The first kappa shape index (κ1) is 19.8. The molecule has 10 heteroatoms.